The largest absolute Gasteiger partial charge is 0.497 e. The van der Waals surface area contributed by atoms with Crippen molar-refractivity contribution in [2.24, 2.45) is 11.1 Å². The van der Waals surface area contributed by atoms with E-state index in [9.17, 15) is 8.78 Å². The Hall–Kier alpha value is -1.16. The van der Waals surface area contributed by atoms with Gasteiger partial charge in [-0.25, -0.2) is 8.78 Å². The van der Waals surface area contributed by atoms with Crippen molar-refractivity contribution in [2.45, 2.75) is 25.8 Å². The molecule has 0 heterocycles. The van der Waals surface area contributed by atoms with Gasteiger partial charge in [0, 0.05) is 29.7 Å². The maximum absolute atomic E-state index is 13.7. The number of methoxy groups -OCH3 is 1. The molecule has 0 amide bonds. The Kier molecular flexibility index (Phi) is 2.42. The Morgan fingerprint density at radius 3 is 2.00 bits per heavy atom. The van der Waals surface area contributed by atoms with Crippen LogP contribution < -0.4 is 10.5 Å². The molecule has 1 aromatic carbocycles. The van der Waals surface area contributed by atoms with Gasteiger partial charge in [-0.15, -0.1) is 0 Å². The molecule has 0 aliphatic heterocycles. The second kappa shape index (κ2) is 3.42. The molecule has 16 heavy (non-hydrogen) atoms. The molecular formula is C12H15F2NO. The molecule has 4 heteroatoms. The number of hydrogen-bond acceptors (Lipinski definition) is 2. The standard InChI is InChI=1S/C12H15F2NO/c1-12(2)10(11(12)15)9-7(13)4-6(16-3)5-8(9)14/h4-5,10-11H,15H2,1-3H3/t10-,11-/m1/s1. The second-order valence-corrected chi connectivity index (χ2v) is 4.83. The summed E-state index contributed by atoms with van der Waals surface area (Å²) >= 11 is 0. The fourth-order valence-electron chi connectivity index (χ4n) is 2.21. The van der Waals surface area contributed by atoms with Crippen molar-refractivity contribution in [2.75, 3.05) is 7.11 Å². The van der Waals surface area contributed by atoms with E-state index >= 15 is 0 Å². The van der Waals surface area contributed by atoms with Crippen molar-refractivity contribution in [3.63, 3.8) is 0 Å². The van der Waals surface area contributed by atoms with E-state index in [0.29, 0.717) is 0 Å². The van der Waals surface area contributed by atoms with Crippen LogP contribution in [0.5, 0.6) is 5.75 Å². The van der Waals surface area contributed by atoms with Gasteiger partial charge in [-0.05, 0) is 5.41 Å². The van der Waals surface area contributed by atoms with Crippen molar-refractivity contribution in [3.8, 4) is 5.75 Å². The van der Waals surface area contributed by atoms with Crippen LogP contribution in [0.1, 0.15) is 25.3 Å². The zero-order chi connectivity index (χ0) is 12.1. The first-order valence-electron chi connectivity index (χ1n) is 5.18. The van der Waals surface area contributed by atoms with Gasteiger partial charge in [-0.2, -0.15) is 0 Å². The van der Waals surface area contributed by atoms with Gasteiger partial charge in [0.2, 0.25) is 0 Å². The molecule has 2 rings (SSSR count). The molecule has 1 aliphatic carbocycles. The van der Waals surface area contributed by atoms with E-state index < -0.39 is 11.6 Å². The van der Waals surface area contributed by atoms with Crippen LogP contribution in [-0.2, 0) is 0 Å². The summed E-state index contributed by atoms with van der Waals surface area (Å²) in [7, 11) is 1.38. The molecule has 2 nitrogen and oxygen atoms in total. The average molecular weight is 227 g/mol. The Morgan fingerprint density at radius 1 is 1.25 bits per heavy atom. The summed E-state index contributed by atoms with van der Waals surface area (Å²) < 4.78 is 32.3. The van der Waals surface area contributed by atoms with Crippen molar-refractivity contribution in [3.05, 3.63) is 29.3 Å². The summed E-state index contributed by atoms with van der Waals surface area (Å²) in [4.78, 5) is 0. The lowest BCUT2D eigenvalue weighted by Gasteiger charge is -2.08. The van der Waals surface area contributed by atoms with E-state index in [-0.39, 0.29) is 28.7 Å². The molecule has 0 saturated heterocycles. The minimum absolute atomic E-state index is 0.0818. The quantitative estimate of drug-likeness (QED) is 0.842. The molecule has 88 valence electrons. The van der Waals surface area contributed by atoms with Crippen LogP contribution in [0.15, 0.2) is 12.1 Å². The molecule has 0 unspecified atom stereocenters. The van der Waals surface area contributed by atoms with Crippen LogP contribution in [0, 0.1) is 17.0 Å². The van der Waals surface area contributed by atoms with Crippen LogP contribution in [0.25, 0.3) is 0 Å². The fourth-order valence-corrected chi connectivity index (χ4v) is 2.21. The first kappa shape index (κ1) is 11.3. The van der Waals surface area contributed by atoms with Crippen molar-refractivity contribution in [1.29, 1.82) is 0 Å². The van der Waals surface area contributed by atoms with Crippen molar-refractivity contribution in [1.82, 2.24) is 0 Å². The number of rotatable bonds is 2. The van der Waals surface area contributed by atoms with Crippen LogP contribution in [0.2, 0.25) is 0 Å². The summed E-state index contributed by atoms with van der Waals surface area (Å²) in [5.74, 6) is -1.23. The van der Waals surface area contributed by atoms with Gasteiger partial charge in [0.25, 0.3) is 0 Å². The Morgan fingerprint density at radius 2 is 1.69 bits per heavy atom. The molecule has 2 N–H and O–H groups in total. The molecule has 0 bridgehead atoms. The predicted octanol–water partition coefficient (Wildman–Crippen LogP) is 2.42. The maximum atomic E-state index is 13.7. The van der Waals surface area contributed by atoms with Gasteiger partial charge in [0.1, 0.15) is 17.4 Å². The smallest absolute Gasteiger partial charge is 0.133 e. The Bertz CT molecular complexity index is 408. The molecule has 1 aromatic rings. The summed E-state index contributed by atoms with van der Waals surface area (Å²) in [6.45, 7) is 3.82. The lowest BCUT2D eigenvalue weighted by molar-refractivity contribution is 0.404. The molecule has 1 aliphatic rings. The lowest BCUT2D eigenvalue weighted by atomic mass is 10.0. The molecule has 0 aromatic heterocycles. The molecule has 1 fully saturated rings. The first-order valence-corrected chi connectivity index (χ1v) is 5.18. The zero-order valence-corrected chi connectivity index (χ0v) is 9.55. The highest BCUT2D eigenvalue weighted by molar-refractivity contribution is 5.40. The van der Waals surface area contributed by atoms with E-state index in [1.807, 2.05) is 13.8 Å². The van der Waals surface area contributed by atoms with Gasteiger partial charge in [-0.3, -0.25) is 0 Å². The summed E-state index contributed by atoms with van der Waals surface area (Å²) in [6, 6.07) is 2.20. The van der Waals surface area contributed by atoms with Gasteiger partial charge in [0.15, 0.2) is 0 Å². The van der Waals surface area contributed by atoms with Crippen molar-refractivity contribution < 1.29 is 13.5 Å². The van der Waals surface area contributed by atoms with E-state index in [4.69, 9.17) is 10.5 Å². The molecule has 0 radical (unpaired) electrons. The number of hydrogen-bond donors (Lipinski definition) is 1. The molecule has 0 spiro atoms. The van der Waals surface area contributed by atoms with Gasteiger partial charge in [0.05, 0.1) is 7.11 Å². The Balaban J connectivity index is 2.44. The maximum Gasteiger partial charge on any atom is 0.133 e. The highest BCUT2D eigenvalue weighted by Gasteiger charge is 2.58. The predicted molar refractivity (Wildman–Crippen MR) is 57.4 cm³/mol. The summed E-state index contributed by atoms with van der Waals surface area (Å²) in [6.07, 6.45) is 0. The van der Waals surface area contributed by atoms with E-state index in [1.54, 1.807) is 0 Å². The first-order chi connectivity index (χ1) is 7.39. The van der Waals surface area contributed by atoms with Gasteiger partial charge < -0.3 is 10.5 Å². The van der Waals surface area contributed by atoms with Crippen LogP contribution in [0.3, 0.4) is 0 Å². The molecule has 2 atom stereocenters. The SMILES string of the molecule is COc1cc(F)c([C@@H]2[C@@H](N)C2(C)C)c(F)c1. The third-order valence-electron chi connectivity index (χ3n) is 3.51. The van der Waals surface area contributed by atoms with Crippen LogP contribution in [-0.4, -0.2) is 13.2 Å². The number of ether oxygens (including phenoxy) is 1. The fraction of sp³-hybridized carbons (Fsp3) is 0.500. The number of benzene rings is 1. The topological polar surface area (TPSA) is 35.2 Å². The highest BCUT2D eigenvalue weighted by atomic mass is 19.1. The van der Waals surface area contributed by atoms with Crippen LogP contribution in [0.4, 0.5) is 8.78 Å². The minimum Gasteiger partial charge on any atom is -0.497 e. The second-order valence-electron chi connectivity index (χ2n) is 4.83. The van der Waals surface area contributed by atoms with E-state index in [2.05, 4.69) is 0 Å². The number of halogens is 2. The summed E-state index contributed by atoms with van der Waals surface area (Å²) in [5, 5.41) is 0. The highest BCUT2D eigenvalue weighted by Crippen LogP contribution is 2.58. The van der Waals surface area contributed by atoms with Gasteiger partial charge in [-0.1, -0.05) is 13.8 Å². The Labute approximate surface area is 93.4 Å². The monoisotopic (exact) mass is 227 g/mol. The van der Waals surface area contributed by atoms with Gasteiger partial charge >= 0.3 is 0 Å². The van der Waals surface area contributed by atoms with Crippen molar-refractivity contribution >= 4 is 0 Å². The summed E-state index contributed by atoms with van der Waals surface area (Å²) in [5.41, 5.74) is 5.66. The average Bonchev–Trinajstić information content (AvgIpc) is 2.67. The van der Waals surface area contributed by atoms with Crippen LogP contribution >= 0.6 is 0 Å². The van der Waals surface area contributed by atoms with E-state index in [0.717, 1.165) is 0 Å². The molecular weight excluding hydrogens is 212 g/mol. The third-order valence-corrected chi connectivity index (χ3v) is 3.51. The minimum atomic E-state index is -0.581. The zero-order valence-electron chi connectivity index (χ0n) is 9.55. The third kappa shape index (κ3) is 1.48. The molecule has 1 saturated carbocycles. The lowest BCUT2D eigenvalue weighted by Crippen LogP contribution is -2.07. The van der Waals surface area contributed by atoms with E-state index in [1.165, 1.54) is 19.2 Å². The number of nitrogens with two attached hydrogens (primary N) is 1. The normalized spacial score (nSPS) is 26.6.